The zero-order chi connectivity index (χ0) is 21.3. The molecular weight excluding hydrogens is 394 g/mol. The highest BCUT2D eigenvalue weighted by molar-refractivity contribution is 7.98. The molecule has 0 aliphatic carbocycles. The second-order valence-electron chi connectivity index (χ2n) is 7.93. The Morgan fingerprint density at radius 3 is 2.67 bits per heavy atom. The van der Waals surface area contributed by atoms with E-state index in [1.807, 2.05) is 37.4 Å². The highest BCUT2D eigenvalue weighted by Gasteiger charge is 2.23. The highest BCUT2D eigenvalue weighted by Crippen LogP contribution is 2.22. The van der Waals surface area contributed by atoms with E-state index in [9.17, 15) is 9.59 Å². The first-order chi connectivity index (χ1) is 14.5. The SMILES string of the molecule is CSc1ccc(CNC(=O)CN2CCc3[nH]c4c(C)c(C)ccc4c(=O)c3C2)cc1. The van der Waals surface area contributed by atoms with Crippen LogP contribution in [-0.4, -0.2) is 35.1 Å². The van der Waals surface area contributed by atoms with Gasteiger partial charge in [-0.3, -0.25) is 14.5 Å². The molecule has 3 aromatic rings. The molecule has 0 unspecified atom stereocenters. The monoisotopic (exact) mass is 421 g/mol. The molecule has 156 valence electrons. The molecule has 0 atom stereocenters. The number of benzene rings is 2. The zero-order valence-corrected chi connectivity index (χ0v) is 18.5. The van der Waals surface area contributed by atoms with Gasteiger partial charge in [0.25, 0.3) is 0 Å². The van der Waals surface area contributed by atoms with Gasteiger partial charge in [0, 0.05) is 47.6 Å². The van der Waals surface area contributed by atoms with Crippen molar-refractivity contribution >= 4 is 28.6 Å². The van der Waals surface area contributed by atoms with Gasteiger partial charge in [-0.25, -0.2) is 0 Å². The number of thioether (sulfide) groups is 1. The van der Waals surface area contributed by atoms with E-state index >= 15 is 0 Å². The van der Waals surface area contributed by atoms with Crippen LogP contribution in [-0.2, 0) is 24.3 Å². The molecule has 0 radical (unpaired) electrons. The van der Waals surface area contributed by atoms with Crippen molar-refractivity contribution in [3.05, 3.63) is 74.6 Å². The molecule has 0 bridgehead atoms. The summed E-state index contributed by atoms with van der Waals surface area (Å²) >= 11 is 1.70. The Morgan fingerprint density at radius 1 is 1.17 bits per heavy atom. The number of rotatable bonds is 5. The molecule has 2 aromatic carbocycles. The molecule has 0 spiro atoms. The molecule has 0 saturated heterocycles. The van der Waals surface area contributed by atoms with Gasteiger partial charge in [0.05, 0.1) is 12.1 Å². The molecule has 1 amide bonds. The predicted octanol–water partition coefficient (Wildman–Crippen LogP) is 3.54. The molecule has 1 aliphatic heterocycles. The molecule has 5 nitrogen and oxygen atoms in total. The number of aromatic amines is 1. The number of hydrogen-bond acceptors (Lipinski definition) is 4. The van der Waals surface area contributed by atoms with Crippen molar-refractivity contribution in [3.63, 3.8) is 0 Å². The van der Waals surface area contributed by atoms with E-state index in [4.69, 9.17) is 0 Å². The predicted molar refractivity (Wildman–Crippen MR) is 123 cm³/mol. The molecule has 1 aliphatic rings. The summed E-state index contributed by atoms with van der Waals surface area (Å²) in [7, 11) is 0. The van der Waals surface area contributed by atoms with Crippen molar-refractivity contribution in [3.8, 4) is 0 Å². The van der Waals surface area contributed by atoms with E-state index in [0.29, 0.717) is 19.6 Å². The summed E-state index contributed by atoms with van der Waals surface area (Å²) < 4.78 is 0. The van der Waals surface area contributed by atoms with Gasteiger partial charge in [-0.2, -0.15) is 0 Å². The summed E-state index contributed by atoms with van der Waals surface area (Å²) in [6, 6.07) is 12.1. The van der Waals surface area contributed by atoms with Gasteiger partial charge in [0.2, 0.25) is 5.91 Å². The summed E-state index contributed by atoms with van der Waals surface area (Å²) in [4.78, 5) is 32.3. The highest BCUT2D eigenvalue weighted by atomic mass is 32.2. The van der Waals surface area contributed by atoms with Crippen LogP contribution in [0.3, 0.4) is 0 Å². The van der Waals surface area contributed by atoms with Crippen LogP contribution < -0.4 is 10.7 Å². The van der Waals surface area contributed by atoms with Crippen LogP contribution in [0.1, 0.15) is 27.9 Å². The maximum atomic E-state index is 13.1. The molecule has 2 heterocycles. The van der Waals surface area contributed by atoms with Gasteiger partial charge in [-0.15, -0.1) is 11.8 Å². The minimum atomic E-state index is -0.0175. The van der Waals surface area contributed by atoms with Gasteiger partial charge >= 0.3 is 0 Å². The number of carbonyl (C=O) groups excluding carboxylic acids is 1. The third kappa shape index (κ3) is 4.16. The summed E-state index contributed by atoms with van der Waals surface area (Å²) in [6.45, 7) is 6.19. The zero-order valence-electron chi connectivity index (χ0n) is 17.7. The molecule has 6 heteroatoms. The van der Waals surface area contributed by atoms with Crippen molar-refractivity contribution in [1.29, 1.82) is 0 Å². The van der Waals surface area contributed by atoms with Crippen molar-refractivity contribution < 1.29 is 4.79 Å². The molecule has 4 rings (SSSR count). The Balaban J connectivity index is 1.43. The summed E-state index contributed by atoms with van der Waals surface area (Å²) in [5, 5.41) is 3.73. The second kappa shape index (κ2) is 8.66. The van der Waals surface area contributed by atoms with Crippen LogP contribution >= 0.6 is 11.8 Å². The lowest BCUT2D eigenvalue weighted by molar-refractivity contribution is -0.122. The minimum Gasteiger partial charge on any atom is -0.358 e. The number of nitrogens with one attached hydrogen (secondary N) is 2. The van der Waals surface area contributed by atoms with Gasteiger partial charge in [-0.05, 0) is 55.0 Å². The van der Waals surface area contributed by atoms with Crippen molar-refractivity contribution in [2.24, 2.45) is 0 Å². The van der Waals surface area contributed by atoms with Gasteiger partial charge in [0.15, 0.2) is 5.43 Å². The van der Waals surface area contributed by atoms with E-state index in [2.05, 4.69) is 34.3 Å². The summed E-state index contributed by atoms with van der Waals surface area (Å²) in [6.07, 6.45) is 2.79. The van der Waals surface area contributed by atoms with Crippen LogP contribution in [0.2, 0.25) is 0 Å². The summed E-state index contributed by atoms with van der Waals surface area (Å²) in [5.41, 5.74) is 6.20. The number of amides is 1. The average Bonchev–Trinajstić information content (AvgIpc) is 2.76. The lowest BCUT2D eigenvalue weighted by Crippen LogP contribution is -2.41. The average molecular weight is 422 g/mol. The standard InChI is InChI=1S/C24H27N3O2S/c1-15-4-9-19-23(16(15)2)26-21-10-11-27(13-20(21)24(19)29)14-22(28)25-12-17-5-7-18(30-3)8-6-17/h4-9H,10-14H2,1-3H3,(H,25,28)(H,26,29). The Labute approximate surface area is 180 Å². The number of nitrogens with zero attached hydrogens (tertiary/aromatic N) is 1. The first-order valence-corrected chi connectivity index (χ1v) is 11.4. The normalized spacial score (nSPS) is 14.0. The van der Waals surface area contributed by atoms with Crippen LogP contribution in [0.4, 0.5) is 0 Å². The van der Waals surface area contributed by atoms with E-state index in [1.165, 1.54) is 10.5 Å². The van der Waals surface area contributed by atoms with E-state index in [1.54, 1.807) is 11.8 Å². The number of carbonyl (C=O) groups is 1. The lowest BCUT2D eigenvalue weighted by Gasteiger charge is -2.28. The smallest absolute Gasteiger partial charge is 0.234 e. The Hall–Kier alpha value is -2.57. The van der Waals surface area contributed by atoms with E-state index in [0.717, 1.165) is 46.3 Å². The third-order valence-electron chi connectivity index (χ3n) is 5.97. The molecule has 30 heavy (non-hydrogen) atoms. The number of pyridine rings is 1. The number of aryl methyl sites for hydroxylation is 2. The molecule has 2 N–H and O–H groups in total. The van der Waals surface area contributed by atoms with Crippen LogP contribution in [0.5, 0.6) is 0 Å². The van der Waals surface area contributed by atoms with Gasteiger partial charge < -0.3 is 10.3 Å². The fraction of sp³-hybridized carbons (Fsp3) is 0.333. The first-order valence-electron chi connectivity index (χ1n) is 10.2. The van der Waals surface area contributed by atoms with E-state index in [-0.39, 0.29) is 11.3 Å². The van der Waals surface area contributed by atoms with Crippen LogP contribution in [0.25, 0.3) is 10.9 Å². The van der Waals surface area contributed by atoms with Crippen molar-refractivity contribution in [1.82, 2.24) is 15.2 Å². The topological polar surface area (TPSA) is 65.2 Å². The number of hydrogen-bond donors (Lipinski definition) is 2. The molecule has 1 aromatic heterocycles. The molecule has 0 fully saturated rings. The quantitative estimate of drug-likeness (QED) is 0.619. The van der Waals surface area contributed by atoms with Crippen molar-refractivity contribution in [2.45, 2.75) is 38.3 Å². The second-order valence-corrected chi connectivity index (χ2v) is 8.81. The van der Waals surface area contributed by atoms with Crippen LogP contribution in [0.15, 0.2) is 46.1 Å². The molecular formula is C24H27N3O2S. The number of aromatic nitrogens is 1. The van der Waals surface area contributed by atoms with E-state index < -0.39 is 0 Å². The van der Waals surface area contributed by atoms with Crippen LogP contribution in [0, 0.1) is 13.8 Å². The minimum absolute atomic E-state index is 0.0175. The first kappa shape index (κ1) is 20.7. The lowest BCUT2D eigenvalue weighted by atomic mass is 9.99. The number of fused-ring (bicyclic) bond motifs is 2. The summed E-state index contributed by atoms with van der Waals surface area (Å²) in [5.74, 6) is -0.0175. The third-order valence-corrected chi connectivity index (χ3v) is 6.71. The van der Waals surface area contributed by atoms with Gasteiger partial charge in [-0.1, -0.05) is 18.2 Å². The molecule has 0 saturated carbocycles. The maximum Gasteiger partial charge on any atom is 0.234 e. The fourth-order valence-electron chi connectivity index (χ4n) is 3.98. The largest absolute Gasteiger partial charge is 0.358 e. The number of H-pyrrole nitrogens is 1. The van der Waals surface area contributed by atoms with Gasteiger partial charge in [0.1, 0.15) is 0 Å². The fourth-order valence-corrected chi connectivity index (χ4v) is 4.39. The maximum absolute atomic E-state index is 13.1. The Morgan fingerprint density at radius 2 is 1.93 bits per heavy atom. The Kier molecular flexibility index (Phi) is 5.97. The van der Waals surface area contributed by atoms with Crippen molar-refractivity contribution in [2.75, 3.05) is 19.3 Å². The Bertz CT molecular complexity index is 1150.